The van der Waals surface area contributed by atoms with Gasteiger partial charge in [-0.2, -0.15) is 0 Å². The molecule has 3 atom stereocenters. The van der Waals surface area contributed by atoms with E-state index in [4.69, 9.17) is 9.84 Å². The number of carboxylic acid groups (broad SMARTS) is 1. The van der Waals surface area contributed by atoms with Gasteiger partial charge in [-0.25, -0.2) is 0 Å². The molecule has 0 aliphatic heterocycles. The Hall–Kier alpha value is -1.06. The molecule has 0 radical (unpaired) electrons. The number of esters is 1. The lowest BCUT2D eigenvalue weighted by Gasteiger charge is -2.26. The van der Waals surface area contributed by atoms with Crippen molar-refractivity contribution in [1.29, 1.82) is 0 Å². The molecule has 0 spiro atoms. The van der Waals surface area contributed by atoms with Gasteiger partial charge >= 0.3 is 11.9 Å². The summed E-state index contributed by atoms with van der Waals surface area (Å²) < 4.78 is 5.40. The second kappa shape index (κ2) is 6.76. The molecule has 1 fully saturated rings. The molecule has 1 rings (SSSR count). The largest absolute Gasteiger partial charge is 0.481 e. The minimum atomic E-state index is -0.789. The van der Waals surface area contributed by atoms with E-state index in [1.165, 1.54) is 0 Å². The minimum absolute atomic E-state index is 0.0808. The number of carbonyl (C=O) groups is 2. The zero-order valence-electron chi connectivity index (χ0n) is 11.5. The van der Waals surface area contributed by atoms with Crippen LogP contribution in [0.4, 0.5) is 0 Å². The molecule has 4 nitrogen and oxygen atoms in total. The molecule has 0 aromatic carbocycles. The van der Waals surface area contributed by atoms with E-state index in [1.807, 2.05) is 6.92 Å². The summed E-state index contributed by atoms with van der Waals surface area (Å²) in [5, 5.41) is 8.99. The number of rotatable bonds is 5. The fourth-order valence-electron chi connectivity index (χ4n) is 2.63. The summed E-state index contributed by atoms with van der Waals surface area (Å²) in [5.74, 6) is -1.12. The van der Waals surface area contributed by atoms with Crippen LogP contribution in [0.25, 0.3) is 0 Å². The van der Waals surface area contributed by atoms with E-state index in [0.29, 0.717) is 18.8 Å². The maximum absolute atomic E-state index is 11.9. The van der Waals surface area contributed by atoms with Crippen LogP contribution in [-0.2, 0) is 14.3 Å². The van der Waals surface area contributed by atoms with Crippen molar-refractivity contribution in [3.63, 3.8) is 0 Å². The lowest BCUT2D eigenvalue weighted by molar-refractivity contribution is -0.157. The van der Waals surface area contributed by atoms with Crippen LogP contribution in [0.5, 0.6) is 0 Å². The van der Waals surface area contributed by atoms with Gasteiger partial charge in [-0.05, 0) is 38.5 Å². The molecular weight excluding hydrogens is 232 g/mol. The number of ether oxygens (including phenoxy) is 1. The summed E-state index contributed by atoms with van der Waals surface area (Å²) in [6.45, 7) is 6.08. The van der Waals surface area contributed by atoms with E-state index >= 15 is 0 Å². The van der Waals surface area contributed by atoms with Crippen molar-refractivity contribution < 1.29 is 19.4 Å². The van der Waals surface area contributed by atoms with Gasteiger partial charge < -0.3 is 9.84 Å². The highest BCUT2D eigenvalue weighted by molar-refractivity contribution is 5.75. The first-order valence-electron chi connectivity index (χ1n) is 6.83. The minimum Gasteiger partial charge on any atom is -0.481 e. The molecule has 4 heteroatoms. The molecule has 104 valence electrons. The average Bonchev–Trinajstić information content (AvgIpc) is 2.27. The molecule has 18 heavy (non-hydrogen) atoms. The molecule has 0 bridgehead atoms. The van der Waals surface area contributed by atoms with Gasteiger partial charge in [0.15, 0.2) is 0 Å². The van der Waals surface area contributed by atoms with Crippen LogP contribution in [0.3, 0.4) is 0 Å². The Morgan fingerprint density at radius 2 is 1.83 bits per heavy atom. The summed E-state index contributed by atoms with van der Waals surface area (Å²) in [4.78, 5) is 22.9. The van der Waals surface area contributed by atoms with Crippen LogP contribution in [0.1, 0.15) is 52.9 Å². The van der Waals surface area contributed by atoms with E-state index in [2.05, 4.69) is 13.8 Å². The van der Waals surface area contributed by atoms with Crippen molar-refractivity contribution in [2.24, 2.45) is 17.8 Å². The van der Waals surface area contributed by atoms with E-state index in [1.54, 1.807) is 0 Å². The third-order valence-electron chi connectivity index (χ3n) is 3.48. The molecule has 1 saturated carbocycles. The molecule has 1 aliphatic carbocycles. The molecule has 0 saturated heterocycles. The molecule has 0 aromatic rings. The first-order valence-corrected chi connectivity index (χ1v) is 6.83. The van der Waals surface area contributed by atoms with E-state index in [9.17, 15) is 9.59 Å². The Labute approximate surface area is 109 Å². The molecule has 0 heterocycles. The quantitative estimate of drug-likeness (QED) is 0.768. The zero-order chi connectivity index (χ0) is 13.7. The molecule has 1 aliphatic rings. The van der Waals surface area contributed by atoms with E-state index in [0.717, 1.165) is 19.3 Å². The predicted octanol–water partition coefficient (Wildman–Crippen LogP) is 2.86. The Morgan fingerprint density at radius 1 is 1.22 bits per heavy atom. The molecule has 0 amide bonds. The Balaban J connectivity index is 2.43. The fourth-order valence-corrected chi connectivity index (χ4v) is 2.63. The highest BCUT2D eigenvalue weighted by atomic mass is 16.5. The van der Waals surface area contributed by atoms with Crippen molar-refractivity contribution >= 4 is 11.9 Å². The summed E-state index contributed by atoms with van der Waals surface area (Å²) in [6, 6.07) is 0. The highest BCUT2D eigenvalue weighted by Crippen LogP contribution is 2.30. The summed E-state index contributed by atoms with van der Waals surface area (Å²) >= 11 is 0. The number of carboxylic acids is 1. The molecule has 3 unspecified atom stereocenters. The van der Waals surface area contributed by atoms with Gasteiger partial charge in [0.05, 0.1) is 17.9 Å². The SMILES string of the molecule is CC(C)CC(C)OC(=O)C1CCCC(C(=O)O)C1. The van der Waals surface area contributed by atoms with Crippen LogP contribution < -0.4 is 0 Å². The van der Waals surface area contributed by atoms with Crippen LogP contribution in [0.15, 0.2) is 0 Å². The molecular formula is C14H24O4. The van der Waals surface area contributed by atoms with Crippen molar-refractivity contribution in [2.75, 3.05) is 0 Å². The summed E-state index contributed by atoms with van der Waals surface area (Å²) in [5.41, 5.74) is 0. The van der Waals surface area contributed by atoms with Gasteiger partial charge in [0, 0.05) is 0 Å². The summed E-state index contributed by atoms with van der Waals surface area (Å²) in [6.07, 6.45) is 3.44. The van der Waals surface area contributed by atoms with Crippen molar-refractivity contribution in [3.8, 4) is 0 Å². The smallest absolute Gasteiger partial charge is 0.309 e. The molecule has 0 aromatic heterocycles. The van der Waals surface area contributed by atoms with E-state index < -0.39 is 5.97 Å². The second-order valence-electron chi connectivity index (χ2n) is 5.78. The maximum Gasteiger partial charge on any atom is 0.309 e. The van der Waals surface area contributed by atoms with Crippen molar-refractivity contribution in [2.45, 2.75) is 59.0 Å². The maximum atomic E-state index is 11.9. The molecule has 1 N–H and O–H groups in total. The van der Waals surface area contributed by atoms with Gasteiger partial charge in [-0.15, -0.1) is 0 Å². The number of hydrogen-bond donors (Lipinski definition) is 1. The van der Waals surface area contributed by atoms with Gasteiger partial charge in [0.1, 0.15) is 0 Å². The number of carbonyl (C=O) groups excluding carboxylic acids is 1. The van der Waals surface area contributed by atoms with E-state index in [-0.39, 0.29) is 23.9 Å². The standard InChI is InChI=1S/C14H24O4/c1-9(2)7-10(3)18-14(17)12-6-4-5-11(8-12)13(15)16/h9-12H,4-8H2,1-3H3,(H,15,16). The summed E-state index contributed by atoms with van der Waals surface area (Å²) in [7, 11) is 0. The average molecular weight is 256 g/mol. The lowest BCUT2D eigenvalue weighted by Crippen LogP contribution is -2.30. The van der Waals surface area contributed by atoms with Gasteiger partial charge in [0.25, 0.3) is 0 Å². The van der Waals surface area contributed by atoms with Gasteiger partial charge in [-0.1, -0.05) is 20.3 Å². The predicted molar refractivity (Wildman–Crippen MR) is 68.1 cm³/mol. The second-order valence-corrected chi connectivity index (χ2v) is 5.78. The van der Waals surface area contributed by atoms with Crippen molar-refractivity contribution in [1.82, 2.24) is 0 Å². The topological polar surface area (TPSA) is 63.6 Å². The van der Waals surface area contributed by atoms with Crippen LogP contribution in [0, 0.1) is 17.8 Å². The Kier molecular flexibility index (Phi) is 5.63. The Bertz CT molecular complexity index is 298. The third kappa shape index (κ3) is 4.67. The monoisotopic (exact) mass is 256 g/mol. The zero-order valence-corrected chi connectivity index (χ0v) is 11.5. The van der Waals surface area contributed by atoms with Crippen LogP contribution in [-0.4, -0.2) is 23.1 Å². The normalized spacial score (nSPS) is 25.8. The van der Waals surface area contributed by atoms with Crippen LogP contribution >= 0.6 is 0 Å². The van der Waals surface area contributed by atoms with Crippen LogP contribution in [0.2, 0.25) is 0 Å². The first kappa shape index (κ1) is 15.0. The lowest BCUT2D eigenvalue weighted by atomic mass is 9.81. The Morgan fingerprint density at radius 3 is 2.39 bits per heavy atom. The first-order chi connectivity index (χ1) is 8.40. The number of hydrogen-bond acceptors (Lipinski definition) is 3. The van der Waals surface area contributed by atoms with Gasteiger partial charge in [0.2, 0.25) is 0 Å². The van der Waals surface area contributed by atoms with Gasteiger partial charge in [-0.3, -0.25) is 9.59 Å². The van der Waals surface area contributed by atoms with Crippen molar-refractivity contribution in [3.05, 3.63) is 0 Å². The fraction of sp³-hybridized carbons (Fsp3) is 0.857. The number of aliphatic carboxylic acids is 1. The third-order valence-corrected chi connectivity index (χ3v) is 3.48. The highest BCUT2D eigenvalue weighted by Gasteiger charge is 2.32.